The number of thiazole rings is 1. The third-order valence-electron chi connectivity index (χ3n) is 7.86. The number of nitrogens with zero attached hydrogens (tertiary/aromatic N) is 3. The molecule has 2 unspecified atom stereocenters. The lowest BCUT2D eigenvalue weighted by atomic mass is 9.44. The highest BCUT2D eigenvalue weighted by molar-refractivity contribution is 7.09. The van der Waals surface area contributed by atoms with Crippen LogP contribution in [-0.4, -0.2) is 22.5 Å². The fourth-order valence-corrected chi connectivity index (χ4v) is 7.99. The molecule has 2 atom stereocenters. The molecule has 2 aromatic heterocycles. The first-order valence-electron chi connectivity index (χ1n) is 11.5. The molecule has 4 saturated carbocycles. The quantitative estimate of drug-likeness (QED) is 0.545. The fraction of sp³-hybridized carbons (Fsp3) is 0.667. The first-order chi connectivity index (χ1) is 14.8. The van der Waals surface area contributed by atoms with E-state index in [4.69, 9.17) is 10.5 Å². The monoisotopic (exact) mass is 441 g/mol. The van der Waals surface area contributed by atoms with Crippen molar-refractivity contribution in [1.82, 2.24) is 9.97 Å². The maximum absolute atomic E-state index is 13.2. The number of anilines is 1. The van der Waals surface area contributed by atoms with Crippen LogP contribution >= 0.6 is 11.3 Å². The van der Waals surface area contributed by atoms with E-state index >= 15 is 0 Å². The second-order valence-electron chi connectivity index (χ2n) is 10.6. The summed E-state index contributed by atoms with van der Waals surface area (Å²) in [5.74, 6) is 2.75. The zero-order valence-electron chi connectivity index (χ0n) is 18.8. The van der Waals surface area contributed by atoms with E-state index in [1.54, 1.807) is 17.5 Å². The van der Waals surface area contributed by atoms with Crippen LogP contribution in [0.25, 0.3) is 0 Å². The molecule has 6 nitrogen and oxygen atoms in total. The topological polar surface area (TPSA) is 82.0 Å². The van der Waals surface area contributed by atoms with Gasteiger partial charge in [0.05, 0.1) is 22.5 Å². The van der Waals surface area contributed by atoms with E-state index in [1.807, 2.05) is 6.92 Å². The van der Waals surface area contributed by atoms with Gasteiger partial charge in [0.25, 0.3) is 0 Å². The number of hydrogen-bond donors (Lipinski definition) is 1. The second kappa shape index (κ2) is 7.54. The van der Waals surface area contributed by atoms with Crippen molar-refractivity contribution in [2.45, 2.75) is 72.3 Å². The van der Waals surface area contributed by atoms with Crippen molar-refractivity contribution in [3.63, 3.8) is 0 Å². The summed E-state index contributed by atoms with van der Waals surface area (Å²) in [6.45, 7) is 7.46. The van der Waals surface area contributed by atoms with Crippen LogP contribution in [0.3, 0.4) is 0 Å². The Hall–Kier alpha value is -2.02. The summed E-state index contributed by atoms with van der Waals surface area (Å²) in [6.07, 6.45) is 9.64. The molecular formula is C24H33N4O2S+. The zero-order chi connectivity index (χ0) is 21.8. The van der Waals surface area contributed by atoms with Crippen LogP contribution in [0, 0.1) is 36.5 Å². The molecule has 31 heavy (non-hydrogen) atoms. The number of aromatic nitrogens is 3. The Morgan fingerprint density at radius 1 is 1.29 bits per heavy atom. The summed E-state index contributed by atoms with van der Waals surface area (Å²) in [5, 5.41) is 0. The van der Waals surface area contributed by atoms with Gasteiger partial charge in [0.15, 0.2) is 12.2 Å². The standard InChI is InChI=1S/C24H33N4O2S/c1-15-20(31-14-28(15)12-19-11-26-16(2)27-21(19)25)4-5-30-22(29)24-9-17-6-18(10-24)8-23(3,7-17)13-24/h11,14,17-18H,4-10,12-13H2,1-3H3,(H2,25,26,27)/q+1. The van der Waals surface area contributed by atoms with Crippen molar-refractivity contribution in [1.29, 1.82) is 0 Å². The summed E-state index contributed by atoms with van der Waals surface area (Å²) in [4.78, 5) is 22.9. The van der Waals surface area contributed by atoms with Gasteiger partial charge in [-0.25, -0.2) is 9.97 Å². The molecule has 6 rings (SSSR count). The Balaban J connectivity index is 1.20. The van der Waals surface area contributed by atoms with Gasteiger partial charge in [-0.05, 0) is 62.7 Å². The molecule has 4 aliphatic rings. The van der Waals surface area contributed by atoms with E-state index in [-0.39, 0.29) is 11.4 Å². The molecule has 4 fully saturated rings. The fourth-order valence-electron chi connectivity index (χ4n) is 7.01. The number of esters is 1. The van der Waals surface area contributed by atoms with Crippen LogP contribution in [0.5, 0.6) is 0 Å². The Labute approximate surface area is 188 Å². The van der Waals surface area contributed by atoms with Crippen LogP contribution in [0.2, 0.25) is 0 Å². The van der Waals surface area contributed by atoms with Crippen molar-refractivity contribution in [2.75, 3.05) is 12.3 Å². The number of aryl methyl sites for hydroxylation is 1. The lowest BCUT2D eigenvalue weighted by Gasteiger charge is -2.59. The van der Waals surface area contributed by atoms with Crippen LogP contribution in [0.4, 0.5) is 5.82 Å². The molecule has 0 amide bonds. The van der Waals surface area contributed by atoms with Crippen molar-refractivity contribution in [2.24, 2.45) is 22.7 Å². The molecule has 4 bridgehead atoms. The first kappa shape index (κ1) is 20.9. The maximum Gasteiger partial charge on any atom is 0.312 e. The lowest BCUT2D eigenvalue weighted by molar-refractivity contribution is -0.689. The lowest BCUT2D eigenvalue weighted by Crippen LogP contribution is -2.54. The molecule has 2 N–H and O–H groups in total. The van der Waals surface area contributed by atoms with Gasteiger partial charge >= 0.3 is 5.97 Å². The van der Waals surface area contributed by atoms with E-state index in [2.05, 4.69) is 33.9 Å². The van der Waals surface area contributed by atoms with Crippen molar-refractivity contribution >= 4 is 23.1 Å². The summed E-state index contributed by atoms with van der Waals surface area (Å²) < 4.78 is 8.08. The van der Waals surface area contributed by atoms with Gasteiger partial charge in [-0.3, -0.25) is 4.79 Å². The molecule has 2 heterocycles. The molecule has 4 aliphatic carbocycles. The molecule has 0 aliphatic heterocycles. The SMILES string of the molecule is Cc1ncc(C[n+]2csc(CCOC(=O)C34CC5CC(CC(C)(C5)C3)C4)c2C)c(N)n1. The largest absolute Gasteiger partial charge is 0.465 e. The molecule has 7 heteroatoms. The van der Waals surface area contributed by atoms with Gasteiger partial charge < -0.3 is 10.5 Å². The summed E-state index contributed by atoms with van der Waals surface area (Å²) in [7, 11) is 0. The number of nitrogen functional groups attached to an aromatic ring is 1. The summed E-state index contributed by atoms with van der Waals surface area (Å²) in [6, 6.07) is 0. The first-order valence-corrected chi connectivity index (χ1v) is 12.3. The zero-order valence-corrected chi connectivity index (χ0v) is 19.6. The Morgan fingerprint density at radius 3 is 2.71 bits per heavy atom. The highest BCUT2D eigenvalue weighted by atomic mass is 32.1. The third kappa shape index (κ3) is 3.86. The molecule has 0 radical (unpaired) electrons. The average Bonchev–Trinajstić information content (AvgIpc) is 3.02. The van der Waals surface area contributed by atoms with E-state index in [1.165, 1.54) is 29.8 Å². The summed E-state index contributed by atoms with van der Waals surface area (Å²) in [5.41, 5.74) is 10.4. The number of nitrogens with two attached hydrogens (primary N) is 1. The molecule has 0 aromatic carbocycles. The number of rotatable bonds is 6. The minimum Gasteiger partial charge on any atom is -0.465 e. The van der Waals surface area contributed by atoms with Crippen molar-refractivity contribution < 1.29 is 14.1 Å². The van der Waals surface area contributed by atoms with Gasteiger partial charge in [0.2, 0.25) is 5.51 Å². The summed E-state index contributed by atoms with van der Waals surface area (Å²) >= 11 is 1.70. The number of carbonyl (C=O) groups is 1. The van der Waals surface area contributed by atoms with Crippen LogP contribution in [-0.2, 0) is 22.5 Å². The van der Waals surface area contributed by atoms with E-state index in [9.17, 15) is 4.79 Å². The van der Waals surface area contributed by atoms with Crippen LogP contribution in [0.1, 0.15) is 67.4 Å². The highest BCUT2D eigenvalue weighted by Gasteiger charge is 2.59. The van der Waals surface area contributed by atoms with E-state index < -0.39 is 0 Å². The highest BCUT2D eigenvalue weighted by Crippen LogP contribution is 2.65. The third-order valence-corrected chi connectivity index (χ3v) is 9.01. The smallest absolute Gasteiger partial charge is 0.312 e. The van der Waals surface area contributed by atoms with Crippen LogP contribution < -0.4 is 10.3 Å². The van der Waals surface area contributed by atoms with Crippen molar-refractivity contribution in [3.05, 3.63) is 33.7 Å². The molecule has 2 aromatic rings. The predicted molar refractivity (Wildman–Crippen MR) is 119 cm³/mol. The molecule has 0 saturated heterocycles. The Kier molecular flexibility index (Phi) is 5.07. The maximum atomic E-state index is 13.2. The predicted octanol–water partition coefficient (Wildman–Crippen LogP) is 3.77. The molecular weight excluding hydrogens is 408 g/mol. The number of carbonyl (C=O) groups excluding carboxylic acids is 1. The minimum atomic E-state index is -0.202. The second-order valence-corrected chi connectivity index (χ2v) is 11.6. The van der Waals surface area contributed by atoms with Gasteiger partial charge in [0.1, 0.15) is 11.6 Å². The van der Waals surface area contributed by atoms with Gasteiger partial charge in [-0.1, -0.05) is 18.3 Å². The number of hydrogen-bond acceptors (Lipinski definition) is 6. The Morgan fingerprint density at radius 2 is 2.03 bits per heavy atom. The van der Waals surface area contributed by atoms with Gasteiger partial charge in [-0.15, -0.1) is 0 Å². The average molecular weight is 442 g/mol. The molecule has 0 spiro atoms. The number of ether oxygens (including phenoxy) is 1. The van der Waals surface area contributed by atoms with Crippen molar-refractivity contribution in [3.8, 4) is 0 Å². The van der Waals surface area contributed by atoms with E-state index in [0.717, 1.165) is 43.1 Å². The van der Waals surface area contributed by atoms with Crippen LogP contribution in [0.15, 0.2) is 11.7 Å². The molecule has 166 valence electrons. The Bertz CT molecular complexity index is 1000. The van der Waals surface area contributed by atoms with Gasteiger partial charge in [-0.2, -0.15) is 4.57 Å². The van der Waals surface area contributed by atoms with E-state index in [0.29, 0.717) is 30.2 Å². The normalized spacial score (nSPS) is 31.2. The van der Waals surface area contributed by atoms with Gasteiger partial charge in [0, 0.05) is 19.5 Å². The minimum absolute atomic E-state index is 0.0690.